The van der Waals surface area contributed by atoms with E-state index in [-0.39, 0.29) is 30.2 Å². The maximum Gasteiger partial charge on any atom is 0.337 e. The summed E-state index contributed by atoms with van der Waals surface area (Å²) in [4.78, 5) is 21.3. The predicted octanol–water partition coefficient (Wildman–Crippen LogP) is 3.74. The van der Waals surface area contributed by atoms with E-state index in [2.05, 4.69) is 15.3 Å². The van der Waals surface area contributed by atoms with E-state index < -0.39 is 43.6 Å². The van der Waals surface area contributed by atoms with E-state index in [1.807, 2.05) is 0 Å². The van der Waals surface area contributed by atoms with Crippen molar-refractivity contribution in [1.82, 2.24) is 15.2 Å². The number of esters is 1. The van der Waals surface area contributed by atoms with Gasteiger partial charge in [-0.2, -0.15) is 0 Å². The lowest BCUT2D eigenvalue weighted by atomic mass is 9.99. The molecule has 0 atom stereocenters. The standard InChI is InChI=1S/C16H18F4N4O3S.C6H4ClF/c1-2-27-13(25)9-5-22-11(12-21-3-4-28-12)23-10(9)6-24-7-15(17,18)14(26)16(19,20)8-24;7-5-2-1-3-6(8)4-5/h3-4,14,26H,2,5-8H2,1H3,(H,22,23);1-4H. The van der Waals surface area contributed by atoms with Crippen LogP contribution in [-0.2, 0) is 9.53 Å². The first-order valence-corrected chi connectivity index (χ1v) is 11.9. The summed E-state index contributed by atoms with van der Waals surface area (Å²) in [7, 11) is 0. The van der Waals surface area contributed by atoms with Crippen LogP contribution in [0.2, 0.25) is 5.02 Å². The molecule has 0 bridgehead atoms. The van der Waals surface area contributed by atoms with Gasteiger partial charge in [0.25, 0.3) is 11.8 Å². The Labute approximate surface area is 212 Å². The topological polar surface area (TPSA) is 87.0 Å². The Bertz CT molecular complexity index is 1100. The van der Waals surface area contributed by atoms with Gasteiger partial charge in [-0.15, -0.1) is 11.3 Å². The van der Waals surface area contributed by atoms with Gasteiger partial charge in [-0.1, -0.05) is 17.7 Å². The number of ether oxygens (including phenoxy) is 1. The van der Waals surface area contributed by atoms with Gasteiger partial charge >= 0.3 is 5.97 Å². The molecule has 0 saturated carbocycles. The summed E-state index contributed by atoms with van der Waals surface area (Å²) in [6, 6.07) is 5.82. The summed E-state index contributed by atoms with van der Waals surface area (Å²) in [6.07, 6.45) is -1.51. The van der Waals surface area contributed by atoms with Crippen molar-refractivity contribution in [2.24, 2.45) is 4.99 Å². The molecule has 0 aliphatic carbocycles. The molecule has 7 nitrogen and oxygen atoms in total. The van der Waals surface area contributed by atoms with Crippen LogP contribution >= 0.6 is 22.9 Å². The highest BCUT2D eigenvalue weighted by atomic mass is 35.5. The number of nitrogens with zero attached hydrogens (tertiary/aromatic N) is 3. The van der Waals surface area contributed by atoms with Gasteiger partial charge in [-0.05, 0) is 25.1 Å². The average Bonchev–Trinajstić information content (AvgIpc) is 3.32. The number of aliphatic imine (C=N–C) groups is 1. The zero-order valence-electron chi connectivity index (χ0n) is 18.9. The van der Waals surface area contributed by atoms with Crippen molar-refractivity contribution >= 4 is 34.7 Å². The molecule has 1 aromatic carbocycles. The Morgan fingerprint density at radius 3 is 2.53 bits per heavy atom. The fourth-order valence-corrected chi connectivity index (χ4v) is 4.22. The molecule has 14 heteroatoms. The number of likely N-dealkylation sites (tertiary alicyclic amines) is 1. The monoisotopic (exact) mass is 552 g/mol. The van der Waals surface area contributed by atoms with Gasteiger partial charge in [0.05, 0.1) is 31.8 Å². The Morgan fingerprint density at radius 2 is 2.00 bits per heavy atom. The molecule has 0 amide bonds. The Balaban J connectivity index is 0.000000383. The van der Waals surface area contributed by atoms with Crippen molar-refractivity contribution in [2.45, 2.75) is 24.9 Å². The van der Waals surface area contributed by atoms with Crippen LogP contribution in [0.25, 0.3) is 0 Å². The number of piperidine rings is 1. The molecule has 0 unspecified atom stereocenters. The first-order valence-electron chi connectivity index (χ1n) is 10.6. The summed E-state index contributed by atoms with van der Waals surface area (Å²) in [6.45, 7) is -0.949. The number of halogens is 6. The van der Waals surface area contributed by atoms with Crippen molar-refractivity contribution in [3.8, 4) is 0 Å². The number of benzene rings is 1. The molecule has 2 aliphatic rings. The summed E-state index contributed by atoms with van der Waals surface area (Å²) in [5.74, 6) is -8.67. The molecule has 0 spiro atoms. The number of rotatable bonds is 5. The second-order valence-electron chi connectivity index (χ2n) is 7.81. The molecule has 36 heavy (non-hydrogen) atoms. The third-order valence-corrected chi connectivity index (χ3v) is 6.04. The number of aliphatic hydroxyl groups is 1. The zero-order chi connectivity index (χ0) is 26.5. The lowest BCUT2D eigenvalue weighted by Crippen LogP contribution is -2.63. The molecule has 1 aromatic heterocycles. The van der Waals surface area contributed by atoms with E-state index in [1.54, 1.807) is 30.6 Å². The molecular formula is C22H22ClF5N4O3S. The van der Waals surface area contributed by atoms with Crippen LogP contribution in [0, 0.1) is 5.82 Å². The molecule has 3 heterocycles. The zero-order valence-corrected chi connectivity index (χ0v) is 20.4. The predicted molar refractivity (Wildman–Crippen MR) is 124 cm³/mol. The number of carbonyl (C=O) groups is 1. The van der Waals surface area contributed by atoms with E-state index >= 15 is 0 Å². The summed E-state index contributed by atoms with van der Waals surface area (Å²) in [5, 5.41) is 14.7. The van der Waals surface area contributed by atoms with Crippen molar-refractivity contribution in [1.29, 1.82) is 0 Å². The smallest absolute Gasteiger partial charge is 0.337 e. The number of amidine groups is 1. The van der Waals surface area contributed by atoms with Gasteiger partial charge in [0.1, 0.15) is 5.82 Å². The minimum atomic E-state index is -3.99. The molecule has 2 N–H and O–H groups in total. The second-order valence-corrected chi connectivity index (χ2v) is 9.15. The molecule has 196 valence electrons. The third kappa shape index (κ3) is 6.99. The first-order chi connectivity index (χ1) is 16.9. The lowest BCUT2D eigenvalue weighted by Gasteiger charge is -2.41. The number of aromatic nitrogens is 1. The summed E-state index contributed by atoms with van der Waals surface area (Å²) >= 11 is 6.67. The van der Waals surface area contributed by atoms with E-state index in [9.17, 15) is 31.9 Å². The van der Waals surface area contributed by atoms with Crippen LogP contribution in [0.5, 0.6) is 0 Å². The van der Waals surface area contributed by atoms with E-state index in [0.717, 1.165) is 4.90 Å². The number of hydrogen-bond donors (Lipinski definition) is 2. The summed E-state index contributed by atoms with van der Waals surface area (Å²) in [5.41, 5.74) is 0.210. The number of aliphatic hydroxyl groups excluding tert-OH is 1. The lowest BCUT2D eigenvalue weighted by molar-refractivity contribution is -0.252. The minimum Gasteiger partial charge on any atom is -0.463 e. The maximum atomic E-state index is 13.8. The minimum absolute atomic E-state index is 0.0694. The molecule has 2 aliphatic heterocycles. The number of thiazole rings is 1. The molecular weight excluding hydrogens is 531 g/mol. The van der Waals surface area contributed by atoms with Crippen molar-refractivity contribution in [2.75, 3.05) is 32.8 Å². The fourth-order valence-electron chi connectivity index (χ4n) is 3.44. The Hall–Kier alpha value is -2.61. The largest absolute Gasteiger partial charge is 0.463 e. The quantitative estimate of drug-likeness (QED) is 0.434. The van der Waals surface area contributed by atoms with Crippen LogP contribution in [0.1, 0.15) is 11.9 Å². The highest BCUT2D eigenvalue weighted by Gasteiger charge is 2.59. The average molecular weight is 553 g/mol. The molecule has 4 rings (SSSR count). The number of hydrogen-bond acceptors (Lipinski definition) is 8. The molecule has 2 aromatic rings. The Kier molecular flexibility index (Phi) is 9.03. The number of nitrogens with one attached hydrogen (secondary N) is 1. The summed E-state index contributed by atoms with van der Waals surface area (Å²) < 4.78 is 72.4. The highest BCUT2D eigenvalue weighted by Crippen LogP contribution is 2.37. The third-order valence-electron chi connectivity index (χ3n) is 5.02. The number of alkyl halides is 4. The van der Waals surface area contributed by atoms with E-state index in [0.29, 0.717) is 15.9 Å². The normalized spacial score (nSPS) is 19.6. The van der Waals surface area contributed by atoms with Gasteiger partial charge in [0.2, 0.25) is 0 Å². The van der Waals surface area contributed by atoms with Crippen LogP contribution in [0.4, 0.5) is 22.0 Å². The second kappa shape index (κ2) is 11.6. The van der Waals surface area contributed by atoms with Gasteiger partial charge in [0.15, 0.2) is 16.9 Å². The van der Waals surface area contributed by atoms with Crippen LogP contribution < -0.4 is 5.32 Å². The van der Waals surface area contributed by atoms with Crippen LogP contribution in [0.3, 0.4) is 0 Å². The van der Waals surface area contributed by atoms with E-state index in [1.165, 1.54) is 23.5 Å². The fraction of sp³-hybridized carbons (Fsp3) is 0.409. The van der Waals surface area contributed by atoms with Crippen molar-refractivity contribution in [3.05, 3.63) is 63.0 Å². The Morgan fingerprint density at radius 1 is 1.31 bits per heavy atom. The highest BCUT2D eigenvalue weighted by molar-refractivity contribution is 7.11. The van der Waals surface area contributed by atoms with Crippen LogP contribution in [0.15, 0.2) is 52.1 Å². The SMILES string of the molecule is CCOC(=O)C1=C(CN2CC(F)(F)C(O)C(F)(F)C2)NC(c2nccs2)=NC1.Fc1cccc(Cl)c1. The molecule has 0 radical (unpaired) electrons. The van der Waals surface area contributed by atoms with Crippen molar-refractivity contribution in [3.63, 3.8) is 0 Å². The van der Waals surface area contributed by atoms with Crippen molar-refractivity contribution < 1.29 is 36.6 Å². The van der Waals surface area contributed by atoms with Crippen LogP contribution in [-0.4, -0.2) is 77.5 Å². The maximum absolute atomic E-state index is 13.8. The first kappa shape index (κ1) is 28.0. The van der Waals surface area contributed by atoms with Gasteiger partial charge in [-0.3, -0.25) is 9.89 Å². The number of carbonyl (C=O) groups excluding carboxylic acids is 1. The van der Waals surface area contributed by atoms with Gasteiger partial charge in [0, 0.05) is 28.8 Å². The van der Waals surface area contributed by atoms with Gasteiger partial charge < -0.3 is 15.2 Å². The molecule has 1 fully saturated rings. The van der Waals surface area contributed by atoms with E-state index in [4.69, 9.17) is 16.3 Å². The van der Waals surface area contributed by atoms with Gasteiger partial charge in [-0.25, -0.2) is 31.7 Å². The molecule has 1 saturated heterocycles.